The Morgan fingerprint density at radius 2 is 1.75 bits per heavy atom. The first-order valence-corrected chi connectivity index (χ1v) is 13.3. The molecule has 0 spiro atoms. The van der Waals surface area contributed by atoms with Crippen LogP contribution in [0.3, 0.4) is 0 Å². The first-order chi connectivity index (χ1) is 19.2. The monoisotopic (exact) mass is 548 g/mol. The zero-order valence-corrected chi connectivity index (χ0v) is 23.0. The highest BCUT2D eigenvalue weighted by Gasteiger charge is 2.28. The molecule has 9 heteroatoms. The van der Waals surface area contributed by atoms with Gasteiger partial charge in [0.15, 0.2) is 0 Å². The molecule has 1 aliphatic heterocycles. The van der Waals surface area contributed by atoms with E-state index in [0.29, 0.717) is 25.1 Å². The lowest BCUT2D eigenvalue weighted by atomic mass is 9.85. The number of benzene rings is 3. The summed E-state index contributed by atoms with van der Waals surface area (Å²) in [5, 5.41) is 29.0. The number of aryl methyl sites for hydroxylation is 1. The van der Waals surface area contributed by atoms with Crippen LogP contribution >= 0.6 is 0 Å². The highest BCUT2D eigenvalue weighted by atomic mass is 16.5. The number of aliphatic hydroxyl groups is 1. The summed E-state index contributed by atoms with van der Waals surface area (Å²) in [6.07, 6.45) is 1.63. The smallest absolute Gasteiger partial charge is 0.414 e. The normalized spacial score (nSPS) is 18.1. The second-order valence-electron chi connectivity index (χ2n) is 10.3. The maximum atomic E-state index is 10.7. The Bertz CT molecular complexity index is 1470. The third-order valence-corrected chi connectivity index (χ3v) is 7.39. The number of fused-ring (bicyclic) bond motifs is 2. The van der Waals surface area contributed by atoms with Gasteiger partial charge < -0.3 is 29.8 Å². The number of piperidine rings is 1. The summed E-state index contributed by atoms with van der Waals surface area (Å²) in [5.41, 5.74) is 3.54. The van der Waals surface area contributed by atoms with Crippen molar-refractivity contribution in [3.8, 4) is 11.5 Å². The predicted molar refractivity (Wildman–Crippen MR) is 153 cm³/mol. The number of aliphatic hydroxyl groups excluding tert-OH is 1. The number of rotatable bonds is 7. The fraction of sp³-hybridized carbons (Fsp3) is 0.355. The number of H-pyrrole nitrogens is 1. The van der Waals surface area contributed by atoms with Crippen molar-refractivity contribution in [2.45, 2.75) is 44.8 Å². The van der Waals surface area contributed by atoms with Gasteiger partial charge in [0.1, 0.15) is 24.2 Å². The van der Waals surface area contributed by atoms with E-state index in [1.54, 1.807) is 7.11 Å². The molecule has 4 N–H and O–H groups in total. The number of likely N-dealkylation sites (tertiary alicyclic amines) is 1. The zero-order valence-electron chi connectivity index (χ0n) is 23.0. The van der Waals surface area contributed by atoms with E-state index in [0.717, 1.165) is 47.5 Å². The molecule has 3 aromatic carbocycles. The first-order valence-electron chi connectivity index (χ1n) is 13.3. The minimum Gasteiger partial charge on any atom is -0.496 e. The van der Waals surface area contributed by atoms with Gasteiger partial charge in [-0.3, -0.25) is 4.90 Å². The van der Waals surface area contributed by atoms with Crippen molar-refractivity contribution in [3.63, 3.8) is 0 Å². The number of β-amino-alcohol motifs (C(OH)–C–C–N with tert-alkyl or cyclic N) is 1. The number of aromatic nitrogens is 1. The van der Waals surface area contributed by atoms with Crippen LogP contribution in [0.25, 0.3) is 21.7 Å². The molecule has 9 nitrogen and oxygen atoms in total. The molecule has 0 amide bonds. The summed E-state index contributed by atoms with van der Waals surface area (Å²) in [5.74, 6) is -1.38. The van der Waals surface area contributed by atoms with Gasteiger partial charge in [-0.15, -0.1) is 0 Å². The molecule has 3 atom stereocenters. The lowest BCUT2D eigenvalue weighted by Crippen LogP contribution is -2.45. The third-order valence-electron chi connectivity index (χ3n) is 7.39. The molecule has 2 heterocycles. The molecule has 0 saturated carbocycles. The summed E-state index contributed by atoms with van der Waals surface area (Å²) in [6.45, 7) is 6.20. The molecular weight excluding hydrogens is 512 g/mol. The number of nitrogens with one attached hydrogen (secondary N) is 1. The second-order valence-corrected chi connectivity index (χ2v) is 10.3. The van der Waals surface area contributed by atoms with Gasteiger partial charge in [-0.25, -0.2) is 9.59 Å². The van der Waals surface area contributed by atoms with Crippen molar-refractivity contribution in [1.82, 2.24) is 9.88 Å². The van der Waals surface area contributed by atoms with Crippen molar-refractivity contribution >= 4 is 33.6 Å². The van der Waals surface area contributed by atoms with Crippen molar-refractivity contribution in [3.05, 3.63) is 71.9 Å². The Morgan fingerprint density at radius 1 is 1.02 bits per heavy atom. The number of carboxylic acids is 2. The van der Waals surface area contributed by atoms with Crippen molar-refractivity contribution in [1.29, 1.82) is 0 Å². The lowest BCUT2D eigenvalue weighted by Gasteiger charge is -2.39. The van der Waals surface area contributed by atoms with E-state index in [4.69, 9.17) is 29.3 Å². The van der Waals surface area contributed by atoms with E-state index in [1.165, 1.54) is 16.3 Å². The van der Waals surface area contributed by atoms with Crippen LogP contribution in [0.5, 0.6) is 11.5 Å². The second kappa shape index (κ2) is 12.8. The number of hydrogen-bond acceptors (Lipinski definition) is 6. The average molecular weight is 549 g/mol. The van der Waals surface area contributed by atoms with Crippen molar-refractivity contribution in [2.24, 2.45) is 0 Å². The summed E-state index contributed by atoms with van der Waals surface area (Å²) >= 11 is 0. The van der Waals surface area contributed by atoms with Crippen LogP contribution in [0.2, 0.25) is 0 Å². The summed E-state index contributed by atoms with van der Waals surface area (Å²) in [7, 11) is 1.73. The van der Waals surface area contributed by atoms with Gasteiger partial charge in [0.25, 0.3) is 0 Å². The van der Waals surface area contributed by atoms with Gasteiger partial charge in [-0.2, -0.15) is 0 Å². The fourth-order valence-electron chi connectivity index (χ4n) is 5.39. The minimum absolute atomic E-state index is 0.292. The van der Waals surface area contributed by atoms with Crippen LogP contribution in [0, 0.1) is 6.92 Å². The predicted octanol–water partition coefficient (Wildman–Crippen LogP) is 4.80. The van der Waals surface area contributed by atoms with Gasteiger partial charge in [-0.1, -0.05) is 30.3 Å². The molecule has 0 radical (unpaired) electrons. The molecule has 0 bridgehead atoms. The topological polar surface area (TPSA) is 132 Å². The van der Waals surface area contributed by atoms with E-state index >= 15 is 0 Å². The van der Waals surface area contributed by atoms with E-state index in [1.807, 2.05) is 37.3 Å². The Morgan fingerprint density at radius 3 is 2.45 bits per heavy atom. The molecule has 3 unspecified atom stereocenters. The van der Waals surface area contributed by atoms with Crippen molar-refractivity contribution < 1.29 is 34.4 Å². The standard InChI is InChI=1S/C29H34N2O3.C2H2O4/c1-19-14-26-27(30-19)7-5-9-29(26)34-18-24(32)17-31-13-12-23(15-20(31)2)22-11-10-21-6-4-8-28(33-3)25(21)16-22;3-1(4)2(5)6/h4-11,14,16,20,23-24,30,32H,12-13,15,17-18H2,1-3H3;(H,3,4)(H,5,6). The largest absolute Gasteiger partial charge is 0.496 e. The molecule has 1 saturated heterocycles. The molecule has 212 valence electrons. The maximum absolute atomic E-state index is 10.7. The number of carboxylic acid groups (broad SMARTS) is 2. The highest BCUT2D eigenvalue weighted by molar-refractivity contribution is 6.27. The van der Waals surface area contributed by atoms with E-state index < -0.39 is 18.0 Å². The number of aliphatic carboxylic acids is 2. The SMILES string of the molecule is COc1cccc2ccc(C3CCN(CC(O)COc4cccc5[nH]c(C)cc45)C(C)C3)cc12.O=C(O)C(=O)O. The molecular formula is C31H36N2O7. The quantitative estimate of drug-likeness (QED) is 0.242. The highest BCUT2D eigenvalue weighted by Crippen LogP contribution is 2.35. The van der Waals surface area contributed by atoms with Crippen LogP contribution in [0.1, 0.15) is 36.9 Å². The Balaban J connectivity index is 0.000000557. The third kappa shape index (κ3) is 6.91. The molecule has 1 aliphatic rings. The minimum atomic E-state index is -1.82. The Hall–Kier alpha value is -4.08. The summed E-state index contributed by atoms with van der Waals surface area (Å²) < 4.78 is 11.6. The Labute approximate surface area is 232 Å². The Kier molecular flexibility index (Phi) is 9.29. The van der Waals surface area contributed by atoms with Crippen LogP contribution in [0.15, 0.2) is 60.7 Å². The van der Waals surface area contributed by atoms with E-state index in [9.17, 15) is 5.11 Å². The molecule has 1 aromatic heterocycles. The van der Waals surface area contributed by atoms with Crippen LogP contribution in [0.4, 0.5) is 0 Å². The van der Waals surface area contributed by atoms with Crippen molar-refractivity contribution in [2.75, 3.05) is 26.8 Å². The zero-order chi connectivity index (χ0) is 28.8. The molecule has 4 aromatic rings. The molecule has 0 aliphatic carbocycles. The fourth-order valence-corrected chi connectivity index (χ4v) is 5.39. The number of carbonyl (C=O) groups is 2. The van der Waals surface area contributed by atoms with Gasteiger partial charge in [-0.05, 0) is 80.4 Å². The average Bonchev–Trinajstić information content (AvgIpc) is 3.33. The lowest BCUT2D eigenvalue weighted by molar-refractivity contribution is -0.159. The van der Waals surface area contributed by atoms with Gasteiger partial charge in [0.05, 0.1) is 7.11 Å². The number of methoxy groups -OCH3 is 1. The van der Waals surface area contributed by atoms with Crippen LogP contribution in [-0.4, -0.2) is 76.1 Å². The van der Waals surface area contributed by atoms with Crippen LogP contribution in [-0.2, 0) is 9.59 Å². The first kappa shape index (κ1) is 28.9. The molecule has 5 rings (SSSR count). The molecule has 1 fully saturated rings. The van der Waals surface area contributed by atoms with E-state index in [2.05, 4.69) is 47.1 Å². The van der Waals surface area contributed by atoms with E-state index in [-0.39, 0.29) is 0 Å². The number of hydrogen-bond donors (Lipinski definition) is 4. The van der Waals surface area contributed by atoms with Gasteiger partial charge >= 0.3 is 11.9 Å². The number of aromatic amines is 1. The molecule has 40 heavy (non-hydrogen) atoms. The van der Waals surface area contributed by atoms with Crippen LogP contribution < -0.4 is 9.47 Å². The van der Waals surface area contributed by atoms with Gasteiger partial charge in [0.2, 0.25) is 0 Å². The van der Waals surface area contributed by atoms with Gasteiger partial charge in [0, 0.05) is 34.6 Å². The number of ether oxygens (including phenoxy) is 2. The summed E-state index contributed by atoms with van der Waals surface area (Å²) in [6, 6.07) is 21.5. The maximum Gasteiger partial charge on any atom is 0.414 e. The number of nitrogens with zero attached hydrogens (tertiary/aromatic N) is 1. The summed E-state index contributed by atoms with van der Waals surface area (Å²) in [4.78, 5) is 23.9.